The first-order valence-corrected chi connectivity index (χ1v) is 6.79. The molecule has 0 aliphatic heterocycles. The van der Waals surface area contributed by atoms with E-state index >= 15 is 0 Å². The second kappa shape index (κ2) is 6.71. The molecule has 6 nitrogen and oxygen atoms in total. The van der Waals surface area contributed by atoms with E-state index in [0.29, 0.717) is 11.4 Å². The van der Waals surface area contributed by atoms with Crippen LogP contribution in [-0.4, -0.2) is 16.9 Å². The summed E-state index contributed by atoms with van der Waals surface area (Å²) < 4.78 is 5.62. The molecule has 114 valence electrons. The molecular formula is C16H16N2O4. The van der Waals surface area contributed by atoms with Crippen LogP contribution in [-0.2, 0) is 0 Å². The molecule has 0 radical (unpaired) electrons. The minimum Gasteiger partial charge on any atom is -0.489 e. The van der Waals surface area contributed by atoms with Crippen LogP contribution >= 0.6 is 0 Å². The van der Waals surface area contributed by atoms with Crippen molar-refractivity contribution in [3.8, 4) is 5.75 Å². The first kappa shape index (κ1) is 15.5. The average molecular weight is 300 g/mol. The van der Waals surface area contributed by atoms with Crippen molar-refractivity contribution in [2.75, 3.05) is 5.32 Å². The summed E-state index contributed by atoms with van der Waals surface area (Å²) in [5, 5.41) is 13.5. The summed E-state index contributed by atoms with van der Waals surface area (Å²) in [6, 6.07) is 12.6. The summed E-state index contributed by atoms with van der Waals surface area (Å²) in [5.41, 5.74) is 0.612. The average Bonchev–Trinajstić information content (AvgIpc) is 2.49. The topological polar surface area (TPSA) is 81.5 Å². The summed E-state index contributed by atoms with van der Waals surface area (Å²) in [6.45, 7) is 3.78. The van der Waals surface area contributed by atoms with E-state index in [1.165, 1.54) is 24.3 Å². The highest BCUT2D eigenvalue weighted by atomic mass is 16.6. The molecule has 1 amide bonds. The zero-order valence-corrected chi connectivity index (χ0v) is 12.3. The Morgan fingerprint density at radius 2 is 1.91 bits per heavy atom. The van der Waals surface area contributed by atoms with Gasteiger partial charge in [0.15, 0.2) is 0 Å². The standard InChI is InChI=1S/C16H16N2O4/c1-11(2)22-15-9-4-3-8-14(15)17-16(19)12-6-5-7-13(10-12)18(20)21/h3-11H,1-2H3,(H,17,19). The van der Waals surface area contributed by atoms with E-state index in [0.717, 1.165) is 0 Å². The van der Waals surface area contributed by atoms with Gasteiger partial charge in [0, 0.05) is 17.7 Å². The van der Waals surface area contributed by atoms with Gasteiger partial charge < -0.3 is 10.1 Å². The summed E-state index contributed by atoms with van der Waals surface area (Å²) >= 11 is 0. The number of anilines is 1. The Bertz CT molecular complexity index is 698. The van der Waals surface area contributed by atoms with Gasteiger partial charge in [0.1, 0.15) is 5.75 Å². The zero-order chi connectivity index (χ0) is 16.1. The van der Waals surface area contributed by atoms with Crippen LogP contribution in [0.4, 0.5) is 11.4 Å². The van der Waals surface area contributed by atoms with Crippen molar-refractivity contribution in [1.29, 1.82) is 0 Å². The lowest BCUT2D eigenvalue weighted by atomic mass is 10.2. The molecule has 1 N–H and O–H groups in total. The first-order valence-electron chi connectivity index (χ1n) is 6.79. The molecule has 0 spiro atoms. The summed E-state index contributed by atoms with van der Waals surface area (Å²) in [5.74, 6) is 0.125. The van der Waals surface area contributed by atoms with Gasteiger partial charge in [-0.2, -0.15) is 0 Å². The highest BCUT2D eigenvalue weighted by Gasteiger charge is 2.13. The Morgan fingerprint density at radius 1 is 1.18 bits per heavy atom. The molecule has 2 rings (SSSR count). The van der Waals surface area contributed by atoms with Crippen LogP contribution in [0.1, 0.15) is 24.2 Å². The second-order valence-corrected chi connectivity index (χ2v) is 4.92. The molecule has 0 unspecified atom stereocenters. The highest BCUT2D eigenvalue weighted by molar-refractivity contribution is 6.05. The predicted octanol–water partition coefficient (Wildman–Crippen LogP) is 3.63. The number of carbonyl (C=O) groups is 1. The van der Waals surface area contributed by atoms with Gasteiger partial charge in [0.05, 0.1) is 16.7 Å². The minimum atomic E-state index is -0.535. The van der Waals surface area contributed by atoms with E-state index in [4.69, 9.17) is 4.74 Å². The lowest BCUT2D eigenvalue weighted by Gasteiger charge is -2.14. The number of nitro benzene ring substituents is 1. The minimum absolute atomic E-state index is 0.0316. The fourth-order valence-corrected chi connectivity index (χ4v) is 1.88. The number of carbonyl (C=O) groups excluding carboxylic acids is 1. The largest absolute Gasteiger partial charge is 0.489 e. The van der Waals surface area contributed by atoms with Gasteiger partial charge in [-0.25, -0.2) is 0 Å². The maximum atomic E-state index is 12.2. The van der Waals surface area contributed by atoms with Crippen LogP contribution in [0.25, 0.3) is 0 Å². The number of nitrogens with zero attached hydrogens (tertiary/aromatic N) is 1. The molecule has 0 saturated heterocycles. The van der Waals surface area contributed by atoms with Crippen LogP contribution in [0.2, 0.25) is 0 Å². The van der Waals surface area contributed by atoms with Gasteiger partial charge in [-0.15, -0.1) is 0 Å². The molecule has 0 aliphatic carbocycles. The lowest BCUT2D eigenvalue weighted by molar-refractivity contribution is -0.384. The van der Waals surface area contributed by atoms with Crippen molar-refractivity contribution in [3.05, 3.63) is 64.2 Å². The Kier molecular flexibility index (Phi) is 4.73. The highest BCUT2D eigenvalue weighted by Crippen LogP contribution is 2.25. The van der Waals surface area contributed by atoms with Crippen LogP contribution in [0.3, 0.4) is 0 Å². The normalized spacial score (nSPS) is 10.3. The number of non-ortho nitro benzene ring substituents is 1. The molecule has 2 aromatic carbocycles. The molecule has 22 heavy (non-hydrogen) atoms. The van der Waals surface area contributed by atoms with Crippen molar-refractivity contribution in [2.45, 2.75) is 20.0 Å². The summed E-state index contributed by atoms with van der Waals surface area (Å²) in [4.78, 5) is 22.5. The van der Waals surface area contributed by atoms with E-state index in [1.807, 2.05) is 13.8 Å². The Morgan fingerprint density at radius 3 is 2.59 bits per heavy atom. The van der Waals surface area contributed by atoms with Crippen LogP contribution in [0.5, 0.6) is 5.75 Å². The van der Waals surface area contributed by atoms with Gasteiger partial charge in [0.2, 0.25) is 0 Å². The number of hydrogen-bond donors (Lipinski definition) is 1. The number of ether oxygens (including phenoxy) is 1. The molecule has 2 aromatic rings. The Balaban J connectivity index is 2.22. The van der Waals surface area contributed by atoms with E-state index in [1.54, 1.807) is 24.3 Å². The smallest absolute Gasteiger partial charge is 0.270 e. The number of nitro groups is 1. The first-order chi connectivity index (χ1) is 10.5. The number of hydrogen-bond acceptors (Lipinski definition) is 4. The molecule has 0 aliphatic rings. The molecule has 0 aromatic heterocycles. The van der Waals surface area contributed by atoms with Crippen molar-refractivity contribution in [2.24, 2.45) is 0 Å². The molecule has 0 atom stereocenters. The Labute approximate surface area is 127 Å². The van der Waals surface area contributed by atoms with Crippen molar-refractivity contribution in [3.63, 3.8) is 0 Å². The zero-order valence-electron chi connectivity index (χ0n) is 12.3. The maximum absolute atomic E-state index is 12.2. The second-order valence-electron chi connectivity index (χ2n) is 4.92. The van der Waals surface area contributed by atoms with Crippen LogP contribution in [0, 0.1) is 10.1 Å². The predicted molar refractivity (Wildman–Crippen MR) is 83.3 cm³/mol. The third kappa shape index (κ3) is 3.82. The van der Waals surface area contributed by atoms with Gasteiger partial charge in [-0.3, -0.25) is 14.9 Å². The number of benzene rings is 2. The van der Waals surface area contributed by atoms with Crippen molar-refractivity contribution in [1.82, 2.24) is 0 Å². The van der Waals surface area contributed by atoms with Gasteiger partial charge in [-0.1, -0.05) is 18.2 Å². The Hall–Kier alpha value is -2.89. The number of rotatable bonds is 5. The fraction of sp³-hybridized carbons (Fsp3) is 0.188. The molecule has 0 fully saturated rings. The maximum Gasteiger partial charge on any atom is 0.270 e. The molecule has 6 heteroatoms. The molecular weight excluding hydrogens is 284 g/mol. The van der Waals surface area contributed by atoms with Crippen LogP contribution < -0.4 is 10.1 Å². The van der Waals surface area contributed by atoms with Crippen molar-refractivity contribution < 1.29 is 14.5 Å². The number of para-hydroxylation sites is 2. The van der Waals surface area contributed by atoms with E-state index in [9.17, 15) is 14.9 Å². The van der Waals surface area contributed by atoms with Gasteiger partial charge in [-0.05, 0) is 32.0 Å². The summed E-state index contributed by atoms with van der Waals surface area (Å²) in [6.07, 6.45) is -0.0316. The molecule has 0 bridgehead atoms. The van der Waals surface area contributed by atoms with E-state index in [2.05, 4.69) is 5.32 Å². The molecule has 0 saturated carbocycles. The van der Waals surface area contributed by atoms with Gasteiger partial charge >= 0.3 is 0 Å². The lowest BCUT2D eigenvalue weighted by Crippen LogP contribution is -2.14. The van der Waals surface area contributed by atoms with E-state index in [-0.39, 0.29) is 17.4 Å². The van der Waals surface area contributed by atoms with Gasteiger partial charge in [0.25, 0.3) is 11.6 Å². The monoisotopic (exact) mass is 300 g/mol. The third-order valence-electron chi connectivity index (χ3n) is 2.82. The SMILES string of the molecule is CC(C)Oc1ccccc1NC(=O)c1cccc([N+](=O)[O-])c1. The fourth-order valence-electron chi connectivity index (χ4n) is 1.88. The van der Waals surface area contributed by atoms with Crippen molar-refractivity contribution >= 4 is 17.3 Å². The number of nitrogens with one attached hydrogen (secondary N) is 1. The third-order valence-corrected chi connectivity index (χ3v) is 2.82. The number of amides is 1. The quantitative estimate of drug-likeness (QED) is 0.675. The van der Waals surface area contributed by atoms with E-state index < -0.39 is 10.8 Å². The van der Waals surface area contributed by atoms with Crippen LogP contribution in [0.15, 0.2) is 48.5 Å². The summed E-state index contributed by atoms with van der Waals surface area (Å²) in [7, 11) is 0. The molecule has 0 heterocycles.